The summed E-state index contributed by atoms with van der Waals surface area (Å²) in [7, 11) is 3.54. The average Bonchev–Trinajstić information content (AvgIpc) is 2.83. The van der Waals surface area contributed by atoms with Gasteiger partial charge in [-0.3, -0.25) is 4.79 Å². The highest BCUT2D eigenvalue weighted by Gasteiger charge is 2.37. The maximum Gasteiger partial charge on any atom is 0.323 e. The highest BCUT2D eigenvalue weighted by molar-refractivity contribution is 8.13. The fourth-order valence-electron chi connectivity index (χ4n) is 4.24. The standard InChI is InChI=1S/C26H31N5O2S/c1-5-18-8-6-9-21(16-18)29-25(33)28-20-12-10-19(11-13-20)23-22(24(32)30(3)4)17(2)27-26-31(23)14-7-15-34-26/h6,8-13,16,23H,5,7,14-15H2,1-4H3,(H2,28,29,33). The topological polar surface area (TPSA) is 77.0 Å². The number of benzene rings is 2. The quantitative estimate of drug-likeness (QED) is 0.628. The van der Waals surface area contributed by atoms with Crippen molar-refractivity contribution in [1.82, 2.24) is 9.80 Å². The van der Waals surface area contributed by atoms with Crippen LogP contribution in [0.3, 0.4) is 0 Å². The fourth-order valence-corrected chi connectivity index (χ4v) is 5.26. The van der Waals surface area contributed by atoms with E-state index < -0.39 is 0 Å². The molecular weight excluding hydrogens is 446 g/mol. The lowest BCUT2D eigenvalue weighted by atomic mass is 9.93. The SMILES string of the molecule is CCc1cccc(NC(=O)Nc2ccc(C3C(C(=O)N(C)C)=C(C)N=C4SCCCN43)cc2)c1. The molecule has 1 atom stereocenters. The number of amides is 3. The minimum absolute atomic E-state index is 0.0308. The van der Waals surface area contributed by atoms with Gasteiger partial charge < -0.3 is 20.4 Å². The number of nitrogens with one attached hydrogen (secondary N) is 2. The summed E-state index contributed by atoms with van der Waals surface area (Å²) in [5.41, 5.74) is 5.08. The van der Waals surface area contributed by atoms with Crippen molar-refractivity contribution < 1.29 is 9.59 Å². The number of hydrogen-bond donors (Lipinski definition) is 2. The zero-order chi connectivity index (χ0) is 24.2. The number of urea groups is 1. The first-order valence-electron chi connectivity index (χ1n) is 11.5. The van der Waals surface area contributed by atoms with Crippen LogP contribution in [-0.4, -0.2) is 53.3 Å². The van der Waals surface area contributed by atoms with Gasteiger partial charge in [-0.1, -0.05) is 43.0 Å². The van der Waals surface area contributed by atoms with Gasteiger partial charge in [-0.25, -0.2) is 9.79 Å². The minimum atomic E-state index is -0.292. The molecule has 1 fully saturated rings. The Balaban J connectivity index is 1.54. The first kappa shape index (κ1) is 23.9. The predicted octanol–water partition coefficient (Wildman–Crippen LogP) is 5.10. The number of fused-ring (bicyclic) bond motifs is 1. The van der Waals surface area contributed by atoms with Crippen molar-refractivity contribution in [3.8, 4) is 0 Å². The maximum atomic E-state index is 13.1. The van der Waals surface area contributed by atoms with E-state index in [2.05, 4.69) is 22.5 Å². The molecule has 2 aliphatic heterocycles. The molecule has 8 heteroatoms. The van der Waals surface area contributed by atoms with Gasteiger partial charge in [0.25, 0.3) is 5.91 Å². The summed E-state index contributed by atoms with van der Waals surface area (Å²) in [4.78, 5) is 34.2. The van der Waals surface area contributed by atoms with Crippen LogP contribution >= 0.6 is 11.8 Å². The van der Waals surface area contributed by atoms with Gasteiger partial charge in [0.05, 0.1) is 17.3 Å². The second kappa shape index (κ2) is 10.3. The molecule has 2 aromatic rings. The van der Waals surface area contributed by atoms with Crippen LogP contribution < -0.4 is 10.6 Å². The number of anilines is 2. The molecule has 0 aliphatic carbocycles. The Morgan fingerprint density at radius 1 is 1.12 bits per heavy atom. The summed E-state index contributed by atoms with van der Waals surface area (Å²) in [6.07, 6.45) is 1.95. The number of rotatable bonds is 5. The van der Waals surface area contributed by atoms with Crippen molar-refractivity contribution in [1.29, 1.82) is 0 Å². The molecule has 2 N–H and O–H groups in total. The second-order valence-corrected chi connectivity index (χ2v) is 9.71. The summed E-state index contributed by atoms with van der Waals surface area (Å²) >= 11 is 1.74. The number of amidine groups is 1. The molecule has 0 bridgehead atoms. The van der Waals surface area contributed by atoms with E-state index in [0.29, 0.717) is 11.3 Å². The molecule has 4 rings (SSSR count). The third-order valence-corrected chi connectivity index (χ3v) is 7.05. The fraction of sp³-hybridized carbons (Fsp3) is 0.346. The summed E-state index contributed by atoms with van der Waals surface area (Å²) in [6.45, 7) is 4.85. The van der Waals surface area contributed by atoms with Crippen LogP contribution in [0.25, 0.3) is 0 Å². The third kappa shape index (κ3) is 5.12. The van der Waals surface area contributed by atoms with E-state index in [0.717, 1.165) is 47.3 Å². The molecule has 2 aliphatic rings. The number of aryl methyl sites for hydroxylation is 1. The van der Waals surface area contributed by atoms with E-state index in [-0.39, 0.29) is 18.0 Å². The van der Waals surface area contributed by atoms with E-state index in [1.54, 1.807) is 30.8 Å². The van der Waals surface area contributed by atoms with Crippen molar-refractivity contribution >= 4 is 40.2 Å². The van der Waals surface area contributed by atoms with Gasteiger partial charge in [-0.15, -0.1) is 0 Å². The molecule has 34 heavy (non-hydrogen) atoms. The van der Waals surface area contributed by atoms with Gasteiger partial charge in [0.2, 0.25) is 0 Å². The molecule has 3 amide bonds. The van der Waals surface area contributed by atoms with Crippen molar-refractivity contribution in [3.05, 3.63) is 70.9 Å². The minimum Gasteiger partial charge on any atom is -0.345 e. The molecular formula is C26H31N5O2S. The molecule has 1 saturated heterocycles. The monoisotopic (exact) mass is 477 g/mol. The lowest BCUT2D eigenvalue weighted by Gasteiger charge is -2.41. The Bertz CT molecular complexity index is 1140. The molecule has 0 aromatic heterocycles. The van der Waals surface area contributed by atoms with E-state index in [9.17, 15) is 9.59 Å². The van der Waals surface area contributed by atoms with Crippen LogP contribution in [0, 0.1) is 0 Å². The van der Waals surface area contributed by atoms with Crippen molar-refractivity contribution in [2.24, 2.45) is 4.99 Å². The number of aliphatic imine (C=N–C) groups is 1. The second-order valence-electron chi connectivity index (χ2n) is 8.65. The molecule has 178 valence electrons. The maximum absolute atomic E-state index is 13.1. The van der Waals surface area contributed by atoms with E-state index in [1.807, 2.05) is 55.5 Å². The zero-order valence-corrected chi connectivity index (χ0v) is 20.9. The zero-order valence-electron chi connectivity index (χ0n) is 20.1. The number of allylic oxidation sites excluding steroid dienone is 1. The highest BCUT2D eigenvalue weighted by atomic mass is 32.2. The normalized spacial score (nSPS) is 17.6. The van der Waals surface area contributed by atoms with Crippen molar-refractivity contribution in [2.45, 2.75) is 32.7 Å². The average molecular weight is 478 g/mol. The smallest absolute Gasteiger partial charge is 0.323 e. The first-order valence-corrected chi connectivity index (χ1v) is 12.5. The molecule has 2 heterocycles. The van der Waals surface area contributed by atoms with Crippen LogP contribution in [0.1, 0.15) is 37.4 Å². The molecule has 0 radical (unpaired) electrons. The summed E-state index contributed by atoms with van der Waals surface area (Å²) < 4.78 is 0. The number of nitrogens with zero attached hydrogens (tertiary/aromatic N) is 3. The van der Waals surface area contributed by atoms with E-state index in [1.165, 1.54) is 5.56 Å². The lowest BCUT2D eigenvalue weighted by Crippen LogP contribution is -2.43. The number of hydrogen-bond acceptors (Lipinski definition) is 5. The Kier molecular flexibility index (Phi) is 7.26. The number of carbonyl (C=O) groups excluding carboxylic acids is 2. The lowest BCUT2D eigenvalue weighted by molar-refractivity contribution is -0.125. The predicted molar refractivity (Wildman–Crippen MR) is 140 cm³/mol. The van der Waals surface area contributed by atoms with Crippen molar-refractivity contribution in [2.75, 3.05) is 37.0 Å². The van der Waals surface area contributed by atoms with Gasteiger partial charge in [0.15, 0.2) is 5.17 Å². The van der Waals surface area contributed by atoms with Gasteiger partial charge in [-0.2, -0.15) is 0 Å². The van der Waals surface area contributed by atoms with E-state index >= 15 is 0 Å². The molecule has 7 nitrogen and oxygen atoms in total. The van der Waals surface area contributed by atoms with Crippen LogP contribution in [-0.2, 0) is 11.2 Å². The summed E-state index contributed by atoms with van der Waals surface area (Å²) in [6, 6.07) is 15.1. The molecule has 1 unspecified atom stereocenters. The van der Waals surface area contributed by atoms with Crippen molar-refractivity contribution in [3.63, 3.8) is 0 Å². The number of carbonyl (C=O) groups is 2. The molecule has 0 spiro atoms. The highest BCUT2D eigenvalue weighted by Crippen LogP contribution is 2.40. The van der Waals surface area contributed by atoms with Crippen LogP contribution in [0.4, 0.5) is 16.2 Å². The third-order valence-electron chi connectivity index (χ3n) is 5.97. The van der Waals surface area contributed by atoms with Gasteiger partial charge in [0, 0.05) is 37.8 Å². The van der Waals surface area contributed by atoms with Gasteiger partial charge in [0.1, 0.15) is 0 Å². The number of thioether (sulfide) groups is 1. The van der Waals surface area contributed by atoms with Crippen LogP contribution in [0.2, 0.25) is 0 Å². The Morgan fingerprint density at radius 3 is 2.56 bits per heavy atom. The van der Waals surface area contributed by atoms with Gasteiger partial charge in [-0.05, 0) is 55.2 Å². The number of likely N-dealkylation sites (N-methyl/N-ethyl adjacent to an activating group) is 1. The summed E-state index contributed by atoms with van der Waals surface area (Å²) in [5, 5.41) is 6.75. The largest absolute Gasteiger partial charge is 0.345 e. The molecule has 2 aromatic carbocycles. The first-order chi connectivity index (χ1) is 16.4. The van der Waals surface area contributed by atoms with E-state index in [4.69, 9.17) is 4.99 Å². The Morgan fingerprint density at radius 2 is 1.85 bits per heavy atom. The summed E-state index contributed by atoms with van der Waals surface area (Å²) in [5.74, 6) is 1.00. The Labute approximate surface area is 205 Å². The van der Waals surface area contributed by atoms with Crippen LogP contribution in [0.5, 0.6) is 0 Å². The molecule has 0 saturated carbocycles. The van der Waals surface area contributed by atoms with Gasteiger partial charge >= 0.3 is 6.03 Å². The van der Waals surface area contributed by atoms with Crippen LogP contribution in [0.15, 0.2) is 64.8 Å². The Hall–Kier alpha value is -3.26.